The molecule has 0 aliphatic heterocycles. The molecule has 0 saturated heterocycles. The first-order valence-corrected chi connectivity index (χ1v) is 8.55. The van der Waals surface area contributed by atoms with Crippen LogP contribution in [0, 0.1) is 11.7 Å². The minimum absolute atomic E-state index is 0. The monoisotopic (exact) mass is 348 g/mol. The van der Waals surface area contributed by atoms with Crippen LogP contribution in [0.15, 0.2) is 48.5 Å². The number of hydrogen-bond acceptors (Lipinski definition) is 1. The molecular formula is C21H26ClFO. The summed E-state index contributed by atoms with van der Waals surface area (Å²) in [5.74, 6) is 1.47. The molecule has 1 aliphatic carbocycles. The zero-order valence-corrected chi connectivity index (χ0v) is 15.2. The van der Waals surface area contributed by atoms with Crippen molar-refractivity contribution < 1.29 is 9.13 Å². The minimum Gasteiger partial charge on any atom is -0.493 e. The van der Waals surface area contributed by atoms with Gasteiger partial charge in [0.1, 0.15) is 11.6 Å². The molecule has 2 aromatic carbocycles. The lowest BCUT2D eigenvalue weighted by Gasteiger charge is -2.26. The molecule has 0 bridgehead atoms. The van der Waals surface area contributed by atoms with Crippen molar-refractivity contribution in [2.75, 3.05) is 6.61 Å². The van der Waals surface area contributed by atoms with Crippen molar-refractivity contribution in [3.05, 3.63) is 65.5 Å². The van der Waals surface area contributed by atoms with Gasteiger partial charge in [0.25, 0.3) is 0 Å². The normalized spacial score (nSPS) is 15.1. The average molecular weight is 349 g/mol. The van der Waals surface area contributed by atoms with Crippen molar-refractivity contribution in [3.8, 4) is 5.75 Å². The van der Waals surface area contributed by atoms with E-state index in [0.717, 1.165) is 23.8 Å². The quantitative estimate of drug-likeness (QED) is 0.630. The molecule has 3 rings (SSSR count). The fourth-order valence-corrected chi connectivity index (χ4v) is 3.39. The van der Waals surface area contributed by atoms with Gasteiger partial charge >= 0.3 is 0 Å². The van der Waals surface area contributed by atoms with Crippen molar-refractivity contribution >= 4 is 12.4 Å². The van der Waals surface area contributed by atoms with Crippen LogP contribution in [0.3, 0.4) is 0 Å². The largest absolute Gasteiger partial charge is 0.493 e. The van der Waals surface area contributed by atoms with E-state index >= 15 is 0 Å². The fraction of sp³-hybridized carbons (Fsp3) is 0.429. The van der Waals surface area contributed by atoms with Gasteiger partial charge in [0.05, 0.1) is 6.61 Å². The Balaban J connectivity index is 0.00000208. The molecule has 0 heterocycles. The second kappa shape index (κ2) is 8.02. The van der Waals surface area contributed by atoms with Crippen LogP contribution in [0.2, 0.25) is 0 Å². The van der Waals surface area contributed by atoms with Crippen molar-refractivity contribution in [1.29, 1.82) is 0 Å². The second-order valence-electron chi connectivity index (χ2n) is 7.12. The predicted molar refractivity (Wildman–Crippen MR) is 99.7 cm³/mol. The molecule has 0 radical (unpaired) electrons. The van der Waals surface area contributed by atoms with Gasteiger partial charge in [-0.05, 0) is 54.2 Å². The summed E-state index contributed by atoms with van der Waals surface area (Å²) in [4.78, 5) is 0. The average Bonchev–Trinajstić information content (AvgIpc) is 3.07. The van der Waals surface area contributed by atoms with Gasteiger partial charge in [0.15, 0.2) is 0 Å². The molecule has 1 saturated carbocycles. The highest BCUT2D eigenvalue weighted by molar-refractivity contribution is 5.85. The van der Waals surface area contributed by atoms with Gasteiger partial charge < -0.3 is 4.74 Å². The summed E-state index contributed by atoms with van der Waals surface area (Å²) in [6.45, 7) is 5.16. The fourth-order valence-electron chi connectivity index (χ4n) is 3.39. The number of halogens is 2. The van der Waals surface area contributed by atoms with Crippen LogP contribution in [0.5, 0.6) is 5.75 Å². The molecule has 0 unspecified atom stereocenters. The van der Waals surface area contributed by atoms with E-state index in [4.69, 9.17) is 4.74 Å². The van der Waals surface area contributed by atoms with Crippen LogP contribution in [0.4, 0.5) is 4.39 Å². The summed E-state index contributed by atoms with van der Waals surface area (Å²) in [6.07, 6.45) is 5.29. The van der Waals surface area contributed by atoms with Gasteiger partial charge in [-0.1, -0.05) is 51.0 Å². The molecule has 0 atom stereocenters. The lowest BCUT2D eigenvalue weighted by molar-refractivity contribution is 0.252. The summed E-state index contributed by atoms with van der Waals surface area (Å²) in [7, 11) is 0. The summed E-state index contributed by atoms with van der Waals surface area (Å²) in [5, 5.41) is 0. The molecule has 0 N–H and O–H groups in total. The van der Waals surface area contributed by atoms with Crippen molar-refractivity contribution in [1.82, 2.24) is 0 Å². The first-order chi connectivity index (χ1) is 11.1. The molecule has 0 amide bonds. The smallest absolute Gasteiger partial charge is 0.123 e. The van der Waals surface area contributed by atoms with Crippen LogP contribution in [-0.2, 0) is 5.41 Å². The summed E-state index contributed by atoms with van der Waals surface area (Å²) >= 11 is 0. The van der Waals surface area contributed by atoms with E-state index in [0.29, 0.717) is 0 Å². The molecule has 24 heavy (non-hydrogen) atoms. The van der Waals surface area contributed by atoms with Crippen LogP contribution in [0.25, 0.3) is 0 Å². The highest BCUT2D eigenvalue weighted by atomic mass is 35.5. The summed E-state index contributed by atoms with van der Waals surface area (Å²) in [5.41, 5.74) is 2.16. The Morgan fingerprint density at radius 3 is 1.96 bits per heavy atom. The van der Waals surface area contributed by atoms with Gasteiger partial charge in [0.2, 0.25) is 0 Å². The van der Waals surface area contributed by atoms with E-state index in [-0.39, 0.29) is 23.6 Å². The van der Waals surface area contributed by atoms with Gasteiger partial charge in [-0.25, -0.2) is 4.39 Å². The Labute approximate surface area is 150 Å². The van der Waals surface area contributed by atoms with E-state index in [1.54, 1.807) is 0 Å². The molecule has 0 spiro atoms. The van der Waals surface area contributed by atoms with Crippen LogP contribution in [-0.4, -0.2) is 6.61 Å². The maximum Gasteiger partial charge on any atom is 0.123 e. The van der Waals surface area contributed by atoms with Crippen LogP contribution < -0.4 is 4.74 Å². The highest BCUT2D eigenvalue weighted by Crippen LogP contribution is 2.33. The number of rotatable bonds is 5. The highest BCUT2D eigenvalue weighted by Gasteiger charge is 2.23. The van der Waals surface area contributed by atoms with Gasteiger partial charge in [-0.3, -0.25) is 0 Å². The van der Waals surface area contributed by atoms with Gasteiger partial charge in [-0.2, -0.15) is 0 Å². The first-order valence-electron chi connectivity index (χ1n) is 8.55. The Kier molecular flexibility index (Phi) is 6.28. The Morgan fingerprint density at radius 1 is 0.917 bits per heavy atom. The molecule has 1 nitrogen and oxygen atoms in total. The lowest BCUT2D eigenvalue weighted by atomic mass is 9.78. The van der Waals surface area contributed by atoms with Crippen LogP contribution >= 0.6 is 12.4 Å². The number of ether oxygens (including phenoxy) is 1. The van der Waals surface area contributed by atoms with E-state index in [2.05, 4.69) is 38.1 Å². The lowest BCUT2D eigenvalue weighted by Crippen LogP contribution is -2.18. The predicted octanol–water partition coefficient (Wildman–Crippen LogP) is 6.14. The topological polar surface area (TPSA) is 9.23 Å². The van der Waals surface area contributed by atoms with E-state index in [1.807, 2.05) is 12.1 Å². The molecular weight excluding hydrogens is 323 g/mol. The maximum absolute atomic E-state index is 13.1. The van der Waals surface area contributed by atoms with E-state index < -0.39 is 0 Å². The second-order valence-corrected chi connectivity index (χ2v) is 7.12. The molecule has 1 aliphatic rings. The standard InChI is InChI=1S/C21H25FO.ClH/c1-21(2,17-7-11-19(22)12-8-17)18-9-13-20(14-10-18)23-15-16-5-3-4-6-16;/h7-14,16H,3-6,15H2,1-2H3;1H. The van der Waals surface area contributed by atoms with Crippen molar-refractivity contribution in [2.24, 2.45) is 5.92 Å². The van der Waals surface area contributed by atoms with Crippen molar-refractivity contribution in [2.45, 2.75) is 44.9 Å². The Bertz CT molecular complexity index is 628. The zero-order valence-electron chi connectivity index (χ0n) is 14.4. The molecule has 3 heteroatoms. The summed E-state index contributed by atoms with van der Waals surface area (Å²) < 4.78 is 19.1. The molecule has 0 aromatic heterocycles. The SMILES string of the molecule is CC(C)(c1ccc(F)cc1)c1ccc(OCC2CCCC2)cc1.Cl. The molecule has 2 aromatic rings. The number of benzene rings is 2. The Morgan fingerprint density at radius 2 is 1.42 bits per heavy atom. The minimum atomic E-state index is -0.194. The van der Waals surface area contributed by atoms with E-state index in [9.17, 15) is 4.39 Å². The van der Waals surface area contributed by atoms with Gasteiger partial charge in [0, 0.05) is 5.41 Å². The third kappa shape index (κ3) is 4.30. The van der Waals surface area contributed by atoms with Gasteiger partial charge in [-0.15, -0.1) is 12.4 Å². The maximum atomic E-state index is 13.1. The molecule has 1 fully saturated rings. The Hall–Kier alpha value is -1.54. The summed E-state index contributed by atoms with van der Waals surface area (Å²) in [6, 6.07) is 15.1. The number of hydrogen-bond donors (Lipinski definition) is 0. The van der Waals surface area contributed by atoms with Crippen LogP contribution in [0.1, 0.15) is 50.7 Å². The van der Waals surface area contributed by atoms with E-state index in [1.165, 1.54) is 43.4 Å². The molecule has 130 valence electrons. The third-order valence-corrected chi connectivity index (χ3v) is 5.10. The zero-order chi connectivity index (χ0) is 16.3. The van der Waals surface area contributed by atoms with Crippen molar-refractivity contribution in [3.63, 3.8) is 0 Å². The third-order valence-electron chi connectivity index (χ3n) is 5.10. The first kappa shape index (κ1) is 18.8.